The Bertz CT molecular complexity index is 913. The van der Waals surface area contributed by atoms with Crippen molar-refractivity contribution in [1.82, 2.24) is 5.16 Å². The number of carbonyl (C=O) groups excluding carboxylic acids is 1. The molecule has 0 saturated heterocycles. The molecule has 0 radical (unpaired) electrons. The molecule has 1 aromatic heterocycles. The standard InChI is InChI=1S/C20H16N2O3/c1-13-19(14(2)25-22-13)11-20(23)24-18-9-7-17(8-10-18)16-5-3-15(12-21)4-6-16/h3-10H,11H2,1-2H3. The molecule has 0 fully saturated rings. The molecule has 1 heterocycles. The average molecular weight is 332 g/mol. The molecule has 0 saturated carbocycles. The van der Waals surface area contributed by atoms with Crippen molar-refractivity contribution < 1.29 is 14.1 Å². The van der Waals surface area contributed by atoms with Crippen molar-refractivity contribution in [3.63, 3.8) is 0 Å². The first kappa shape index (κ1) is 16.5. The molecule has 0 amide bonds. The summed E-state index contributed by atoms with van der Waals surface area (Å²) in [5, 5.41) is 12.7. The predicted molar refractivity (Wildman–Crippen MR) is 91.9 cm³/mol. The summed E-state index contributed by atoms with van der Waals surface area (Å²) < 4.78 is 10.4. The van der Waals surface area contributed by atoms with Gasteiger partial charge in [-0.2, -0.15) is 5.26 Å². The van der Waals surface area contributed by atoms with E-state index >= 15 is 0 Å². The first-order chi connectivity index (χ1) is 12.1. The van der Waals surface area contributed by atoms with Crippen molar-refractivity contribution in [1.29, 1.82) is 5.26 Å². The summed E-state index contributed by atoms with van der Waals surface area (Å²) in [5.41, 5.74) is 4.06. The molecule has 0 atom stereocenters. The number of carbonyl (C=O) groups is 1. The zero-order valence-electron chi connectivity index (χ0n) is 13.9. The molecule has 0 bridgehead atoms. The summed E-state index contributed by atoms with van der Waals surface area (Å²) in [6.07, 6.45) is 0.124. The van der Waals surface area contributed by atoms with Gasteiger partial charge in [0.15, 0.2) is 0 Å². The van der Waals surface area contributed by atoms with Crippen LogP contribution in [0.3, 0.4) is 0 Å². The third-order valence-corrected chi connectivity index (χ3v) is 3.94. The highest BCUT2D eigenvalue weighted by atomic mass is 16.5. The molecule has 5 heteroatoms. The fraction of sp³-hybridized carbons (Fsp3) is 0.150. The van der Waals surface area contributed by atoms with E-state index in [4.69, 9.17) is 14.5 Å². The smallest absolute Gasteiger partial charge is 0.315 e. The monoisotopic (exact) mass is 332 g/mol. The van der Waals surface area contributed by atoms with Crippen LogP contribution >= 0.6 is 0 Å². The zero-order chi connectivity index (χ0) is 17.8. The number of benzene rings is 2. The van der Waals surface area contributed by atoms with E-state index in [0.717, 1.165) is 16.7 Å². The number of aryl methyl sites for hydroxylation is 2. The lowest BCUT2D eigenvalue weighted by Crippen LogP contribution is -2.12. The van der Waals surface area contributed by atoms with Gasteiger partial charge in [-0.25, -0.2) is 0 Å². The fourth-order valence-corrected chi connectivity index (χ4v) is 2.52. The maximum Gasteiger partial charge on any atom is 0.315 e. The number of esters is 1. The normalized spacial score (nSPS) is 10.3. The molecular weight excluding hydrogens is 316 g/mol. The predicted octanol–water partition coefficient (Wildman–Crippen LogP) is 3.98. The van der Waals surface area contributed by atoms with Crippen LogP contribution in [0.15, 0.2) is 53.1 Å². The number of aromatic nitrogens is 1. The molecule has 0 spiro atoms. The maximum absolute atomic E-state index is 12.1. The highest BCUT2D eigenvalue weighted by molar-refractivity contribution is 5.76. The Morgan fingerprint density at radius 3 is 2.20 bits per heavy atom. The number of rotatable bonds is 4. The quantitative estimate of drug-likeness (QED) is 0.533. The minimum atomic E-state index is -0.361. The molecule has 0 unspecified atom stereocenters. The van der Waals surface area contributed by atoms with Crippen LogP contribution in [0.4, 0.5) is 0 Å². The van der Waals surface area contributed by atoms with E-state index in [1.807, 2.05) is 24.3 Å². The number of nitriles is 1. The molecule has 0 aliphatic heterocycles. The van der Waals surface area contributed by atoms with Crippen LogP contribution in [0.2, 0.25) is 0 Å². The zero-order valence-corrected chi connectivity index (χ0v) is 13.9. The van der Waals surface area contributed by atoms with Gasteiger partial charge in [0.1, 0.15) is 11.5 Å². The summed E-state index contributed by atoms with van der Waals surface area (Å²) in [7, 11) is 0. The lowest BCUT2D eigenvalue weighted by Gasteiger charge is -2.06. The van der Waals surface area contributed by atoms with E-state index in [-0.39, 0.29) is 12.4 Å². The lowest BCUT2D eigenvalue weighted by molar-refractivity contribution is -0.133. The second-order valence-electron chi connectivity index (χ2n) is 5.67. The summed E-state index contributed by atoms with van der Waals surface area (Å²) in [4.78, 5) is 12.1. The SMILES string of the molecule is Cc1noc(C)c1CC(=O)Oc1ccc(-c2ccc(C#N)cc2)cc1. The minimum Gasteiger partial charge on any atom is -0.426 e. The van der Waals surface area contributed by atoms with Gasteiger partial charge in [-0.15, -0.1) is 0 Å². The Morgan fingerprint density at radius 1 is 1.08 bits per heavy atom. The van der Waals surface area contributed by atoms with E-state index in [2.05, 4.69) is 11.2 Å². The highest BCUT2D eigenvalue weighted by Crippen LogP contribution is 2.23. The second kappa shape index (κ2) is 7.02. The number of hydrogen-bond donors (Lipinski definition) is 0. The Balaban J connectivity index is 1.68. The highest BCUT2D eigenvalue weighted by Gasteiger charge is 2.15. The van der Waals surface area contributed by atoms with Crippen LogP contribution in [0.1, 0.15) is 22.6 Å². The van der Waals surface area contributed by atoms with E-state index < -0.39 is 0 Å². The van der Waals surface area contributed by atoms with Crippen molar-refractivity contribution in [3.8, 4) is 22.9 Å². The Labute approximate surface area is 145 Å². The molecule has 2 aromatic carbocycles. The topological polar surface area (TPSA) is 76.1 Å². The molecule has 0 N–H and O–H groups in total. The van der Waals surface area contributed by atoms with Crippen molar-refractivity contribution in [2.24, 2.45) is 0 Å². The lowest BCUT2D eigenvalue weighted by atomic mass is 10.0. The molecule has 0 aliphatic carbocycles. The minimum absolute atomic E-state index is 0.124. The largest absolute Gasteiger partial charge is 0.426 e. The maximum atomic E-state index is 12.1. The molecule has 0 aliphatic rings. The van der Waals surface area contributed by atoms with Gasteiger partial charge in [0.2, 0.25) is 0 Å². The summed E-state index contributed by atoms with van der Waals surface area (Å²) >= 11 is 0. The van der Waals surface area contributed by atoms with Gasteiger partial charge in [0.05, 0.1) is 23.7 Å². The van der Waals surface area contributed by atoms with Crippen LogP contribution in [0.25, 0.3) is 11.1 Å². The van der Waals surface area contributed by atoms with Crippen LogP contribution in [-0.2, 0) is 11.2 Å². The van der Waals surface area contributed by atoms with Crippen molar-refractivity contribution in [2.75, 3.05) is 0 Å². The number of hydrogen-bond acceptors (Lipinski definition) is 5. The van der Waals surface area contributed by atoms with Gasteiger partial charge >= 0.3 is 5.97 Å². The Hall–Kier alpha value is -3.39. The summed E-state index contributed by atoms with van der Waals surface area (Å²) in [6, 6.07) is 16.7. The summed E-state index contributed by atoms with van der Waals surface area (Å²) in [5.74, 6) is 0.750. The van der Waals surface area contributed by atoms with Gasteiger partial charge in [-0.3, -0.25) is 4.79 Å². The molecule has 3 rings (SSSR count). The van der Waals surface area contributed by atoms with Gasteiger partial charge in [-0.1, -0.05) is 29.4 Å². The Kier molecular flexibility index (Phi) is 4.62. The van der Waals surface area contributed by atoms with Crippen LogP contribution in [0.5, 0.6) is 5.75 Å². The van der Waals surface area contributed by atoms with Crippen LogP contribution in [-0.4, -0.2) is 11.1 Å². The van der Waals surface area contributed by atoms with Gasteiger partial charge in [-0.05, 0) is 49.2 Å². The first-order valence-electron chi connectivity index (χ1n) is 7.80. The molecule has 25 heavy (non-hydrogen) atoms. The van der Waals surface area contributed by atoms with E-state index in [1.54, 1.807) is 38.1 Å². The van der Waals surface area contributed by atoms with Crippen LogP contribution < -0.4 is 4.74 Å². The molecule has 3 aromatic rings. The Morgan fingerprint density at radius 2 is 1.68 bits per heavy atom. The average Bonchev–Trinajstić information content (AvgIpc) is 2.94. The van der Waals surface area contributed by atoms with E-state index in [9.17, 15) is 4.79 Å². The van der Waals surface area contributed by atoms with Crippen molar-refractivity contribution in [2.45, 2.75) is 20.3 Å². The third-order valence-electron chi connectivity index (χ3n) is 3.94. The number of ether oxygens (including phenoxy) is 1. The first-order valence-corrected chi connectivity index (χ1v) is 7.80. The van der Waals surface area contributed by atoms with Gasteiger partial charge in [0.25, 0.3) is 0 Å². The van der Waals surface area contributed by atoms with Crippen LogP contribution in [0, 0.1) is 25.2 Å². The fourth-order valence-electron chi connectivity index (χ4n) is 2.52. The third kappa shape index (κ3) is 3.75. The second-order valence-corrected chi connectivity index (χ2v) is 5.67. The molecule has 5 nitrogen and oxygen atoms in total. The van der Waals surface area contributed by atoms with E-state index in [0.29, 0.717) is 22.8 Å². The van der Waals surface area contributed by atoms with Crippen molar-refractivity contribution >= 4 is 5.97 Å². The van der Waals surface area contributed by atoms with Gasteiger partial charge < -0.3 is 9.26 Å². The number of nitrogens with zero attached hydrogens (tertiary/aromatic N) is 2. The summed E-state index contributed by atoms with van der Waals surface area (Å²) in [6.45, 7) is 3.57. The molecule has 124 valence electrons. The molecular formula is C20H16N2O3. The van der Waals surface area contributed by atoms with Crippen molar-refractivity contribution in [3.05, 3.63) is 71.1 Å². The van der Waals surface area contributed by atoms with E-state index in [1.165, 1.54) is 0 Å². The van der Waals surface area contributed by atoms with Gasteiger partial charge in [0, 0.05) is 5.56 Å².